The van der Waals surface area contributed by atoms with Crippen LogP contribution in [-0.4, -0.2) is 13.3 Å². The summed E-state index contributed by atoms with van der Waals surface area (Å²) in [5.41, 5.74) is 1.50. The summed E-state index contributed by atoms with van der Waals surface area (Å²) in [5, 5.41) is 1.27. The molecule has 0 aromatic carbocycles. The lowest BCUT2D eigenvalue weighted by molar-refractivity contribution is 0.0828. The molecule has 0 spiro atoms. The van der Waals surface area contributed by atoms with E-state index in [1.807, 2.05) is 0 Å². The van der Waals surface area contributed by atoms with Crippen molar-refractivity contribution in [1.82, 2.24) is 4.98 Å². The molecule has 1 unspecified atom stereocenters. The molecular weight excluding hydrogens is 381 g/mol. The van der Waals surface area contributed by atoms with Gasteiger partial charge in [-0.2, -0.15) is 0 Å². The molecule has 0 radical (unpaired) electrons. The molecule has 1 fully saturated rings. The van der Waals surface area contributed by atoms with Crippen LogP contribution in [0.15, 0.2) is 12.4 Å². The van der Waals surface area contributed by atoms with Crippen molar-refractivity contribution in [2.75, 3.05) is 0 Å². The van der Waals surface area contributed by atoms with E-state index in [9.17, 15) is 0 Å². The number of nitrogens with zero attached hydrogens (tertiary/aromatic N) is 1. The molecule has 0 aliphatic heterocycles. The number of hydrogen-bond acceptors (Lipinski definition) is 2. The lowest BCUT2D eigenvalue weighted by atomic mass is 9.63. The second-order valence-corrected chi connectivity index (χ2v) is 14.3. The molecule has 1 saturated carbocycles. The molecule has 1 aliphatic rings. The third-order valence-corrected chi connectivity index (χ3v) is 11.6. The standard InChI is InChI=1S/C21H35Cl2NOSi/c1-6-26(7-2,8-3)25-19(20-17(22)14-24-15-18(20)23)11-9-10-16-12-21(4,5)13-16/h14-16,19H,6-13H2,1-5H3. The summed E-state index contributed by atoms with van der Waals surface area (Å²) in [6.45, 7) is 11.5. The number of halogens is 2. The van der Waals surface area contributed by atoms with Crippen LogP contribution < -0.4 is 0 Å². The minimum absolute atomic E-state index is 0.00222. The number of rotatable bonds is 10. The molecule has 0 saturated heterocycles. The molecule has 0 bridgehead atoms. The second kappa shape index (κ2) is 9.40. The maximum Gasteiger partial charge on any atom is 0.192 e. The van der Waals surface area contributed by atoms with Gasteiger partial charge in [-0.05, 0) is 48.7 Å². The van der Waals surface area contributed by atoms with Gasteiger partial charge in [-0.15, -0.1) is 0 Å². The van der Waals surface area contributed by atoms with Gasteiger partial charge in [-0.25, -0.2) is 0 Å². The summed E-state index contributed by atoms with van der Waals surface area (Å²) in [7, 11) is -1.74. The first-order valence-corrected chi connectivity index (χ1v) is 13.5. The van der Waals surface area contributed by atoms with Crippen molar-refractivity contribution in [3.63, 3.8) is 0 Å². The van der Waals surface area contributed by atoms with Crippen LogP contribution in [0, 0.1) is 11.3 Å². The van der Waals surface area contributed by atoms with Gasteiger partial charge in [0.1, 0.15) is 0 Å². The van der Waals surface area contributed by atoms with E-state index in [0.717, 1.165) is 36.0 Å². The van der Waals surface area contributed by atoms with Gasteiger partial charge >= 0.3 is 0 Å². The molecule has 2 rings (SSSR count). The predicted molar refractivity (Wildman–Crippen MR) is 116 cm³/mol. The first-order chi connectivity index (χ1) is 12.3. The van der Waals surface area contributed by atoms with E-state index in [-0.39, 0.29) is 6.10 Å². The summed E-state index contributed by atoms with van der Waals surface area (Å²) < 4.78 is 6.85. The third kappa shape index (κ3) is 5.47. The van der Waals surface area contributed by atoms with E-state index < -0.39 is 8.32 Å². The smallest absolute Gasteiger partial charge is 0.192 e. The van der Waals surface area contributed by atoms with E-state index >= 15 is 0 Å². The highest BCUT2D eigenvalue weighted by Gasteiger charge is 2.36. The highest BCUT2D eigenvalue weighted by Crippen LogP contribution is 2.47. The molecule has 1 aromatic heterocycles. The van der Waals surface area contributed by atoms with Crippen LogP contribution >= 0.6 is 23.2 Å². The molecule has 1 aromatic rings. The fourth-order valence-electron chi connectivity index (χ4n) is 4.59. The molecular formula is C21H35Cl2NOSi. The van der Waals surface area contributed by atoms with E-state index in [0.29, 0.717) is 15.5 Å². The quantitative estimate of drug-likeness (QED) is 0.360. The SMILES string of the molecule is CC[Si](CC)(CC)OC(CCCC1CC(C)(C)C1)c1c(Cl)cncc1Cl. The number of aromatic nitrogens is 1. The molecule has 1 atom stereocenters. The van der Waals surface area contributed by atoms with E-state index in [4.69, 9.17) is 27.6 Å². The second-order valence-electron chi connectivity index (χ2n) is 8.74. The van der Waals surface area contributed by atoms with Gasteiger partial charge in [0.2, 0.25) is 0 Å². The molecule has 0 amide bonds. The lowest BCUT2D eigenvalue weighted by Gasteiger charge is -2.43. The molecule has 0 N–H and O–H groups in total. The first kappa shape index (κ1) is 22.2. The summed E-state index contributed by atoms with van der Waals surface area (Å²) in [5.74, 6) is 0.875. The van der Waals surface area contributed by atoms with Crippen molar-refractivity contribution < 1.29 is 4.43 Å². The minimum atomic E-state index is -1.74. The molecule has 1 aliphatic carbocycles. The van der Waals surface area contributed by atoms with Crippen molar-refractivity contribution in [2.24, 2.45) is 11.3 Å². The van der Waals surface area contributed by atoms with Crippen molar-refractivity contribution >= 4 is 31.5 Å². The van der Waals surface area contributed by atoms with Gasteiger partial charge < -0.3 is 4.43 Å². The van der Waals surface area contributed by atoms with Crippen LogP contribution in [-0.2, 0) is 4.43 Å². The molecule has 26 heavy (non-hydrogen) atoms. The summed E-state index contributed by atoms with van der Waals surface area (Å²) in [6, 6.07) is 3.40. The average Bonchev–Trinajstić information content (AvgIpc) is 2.57. The van der Waals surface area contributed by atoms with Gasteiger partial charge in [0, 0.05) is 18.0 Å². The number of hydrogen-bond donors (Lipinski definition) is 0. The predicted octanol–water partition coefficient (Wildman–Crippen LogP) is 8.06. The van der Waals surface area contributed by atoms with Gasteiger partial charge in [-0.1, -0.05) is 70.7 Å². The Morgan fingerprint density at radius 3 is 2.12 bits per heavy atom. The van der Waals surface area contributed by atoms with E-state index in [1.165, 1.54) is 25.7 Å². The maximum absolute atomic E-state index is 6.85. The Hall–Kier alpha value is -0.0931. The number of pyridine rings is 1. The fourth-order valence-corrected chi connectivity index (χ4v) is 8.04. The Labute approximate surface area is 171 Å². The summed E-state index contributed by atoms with van der Waals surface area (Å²) in [6.07, 6.45) is 9.54. The van der Waals surface area contributed by atoms with Crippen LogP contribution in [0.1, 0.15) is 78.4 Å². The molecule has 148 valence electrons. The van der Waals surface area contributed by atoms with Gasteiger partial charge in [0.25, 0.3) is 0 Å². The normalized spacial score (nSPS) is 18.6. The Bertz CT molecular complexity index is 553. The average molecular weight is 417 g/mol. The van der Waals surface area contributed by atoms with Crippen molar-refractivity contribution in [2.45, 2.75) is 91.0 Å². The fraction of sp³-hybridized carbons (Fsp3) is 0.762. The molecule has 2 nitrogen and oxygen atoms in total. The van der Waals surface area contributed by atoms with Crippen LogP contribution in [0.5, 0.6) is 0 Å². The topological polar surface area (TPSA) is 22.1 Å². The Kier molecular flexibility index (Phi) is 8.03. The summed E-state index contributed by atoms with van der Waals surface area (Å²) >= 11 is 13.0. The van der Waals surface area contributed by atoms with Crippen molar-refractivity contribution in [1.29, 1.82) is 0 Å². The van der Waals surface area contributed by atoms with E-state index in [2.05, 4.69) is 39.6 Å². The minimum Gasteiger partial charge on any atom is -0.410 e. The van der Waals surface area contributed by atoms with Crippen LogP contribution in [0.2, 0.25) is 28.2 Å². The third-order valence-electron chi connectivity index (χ3n) is 6.30. The van der Waals surface area contributed by atoms with Gasteiger partial charge in [0.05, 0.1) is 16.1 Å². The Balaban J connectivity index is 2.11. The highest BCUT2D eigenvalue weighted by atomic mass is 35.5. The maximum atomic E-state index is 6.85. The van der Waals surface area contributed by atoms with Crippen LogP contribution in [0.25, 0.3) is 0 Å². The highest BCUT2D eigenvalue weighted by molar-refractivity contribution is 6.73. The van der Waals surface area contributed by atoms with Crippen molar-refractivity contribution in [3.05, 3.63) is 28.0 Å². The summed E-state index contributed by atoms with van der Waals surface area (Å²) in [4.78, 5) is 4.12. The van der Waals surface area contributed by atoms with Crippen molar-refractivity contribution in [3.8, 4) is 0 Å². The zero-order valence-corrected chi connectivity index (χ0v) is 19.6. The Morgan fingerprint density at radius 1 is 1.12 bits per heavy atom. The zero-order chi connectivity index (χ0) is 19.4. The molecule has 1 heterocycles. The van der Waals surface area contributed by atoms with Gasteiger partial charge in [-0.3, -0.25) is 4.98 Å². The van der Waals surface area contributed by atoms with Gasteiger partial charge in [0.15, 0.2) is 8.32 Å². The first-order valence-electron chi connectivity index (χ1n) is 10.2. The Morgan fingerprint density at radius 2 is 1.65 bits per heavy atom. The molecule has 5 heteroatoms. The van der Waals surface area contributed by atoms with E-state index in [1.54, 1.807) is 12.4 Å². The van der Waals surface area contributed by atoms with Crippen LogP contribution in [0.3, 0.4) is 0 Å². The lowest BCUT2D eigenvalue weighted by Crippen LogP contribution is -2.37. The monoisotopic (exact) mass is 415 g/mol. The van der Waals surface area contributed by atoms with Crippen LogP contribution in [0.4, 0.5) is 0 Å². The largest absolute Gasteiger partial charge is 0.410 e. The zero-order valence-electron chi connectivity index (χ0n) is 17.1.